The van der Waals surface area contributed by atoms with E-state index in [1.807, 2.05) is 18.2 Å². The number of benzene rings is 2. The number of nitrogens with zero attached hydrogens (tertiary/aromatic N) is 2. The lowest BCUT2D eigenvalue weighted by molar-refractivity contribution is -0.118. The molecule has 0 aliphatic rings. The number of carbonyl (C=O) groups is 1. The predicted octanol–water partition coefficient (Wildman–Crippen LogP) is 4.99. The van der Waals surface area contributed by atoms with Crippen LogP contribution in [0.15, 0.2) is 70.2 Å². The Kier molecular flexibility index (Phi) is 6.38. The van der Waals surface area contributed by atoms with Gasteiger partial charge in [0.15, 0.2) is 15.0 Å². The first kappa shape index (κ1) is 22.2. The molecule has 6 nitrogen and oxygen atoms in total. The maximum absolute atomic E-state index is 13.1. The van der Waals surface area contributed by atoms with Gasteiger partial charge < -0.3 is 4.42 Å². The maximum atomic E-state index is 13.1. The third-order valence-electron chi connectivity index (χ3n) is 5.03. The number of hydrogen-bond donors (Lipinski definition) is 0. The quantitative estimate of drug-likeness (QED) is 0.338. The number of aryl methyl sites for hydroxylation is 1. The van der Waals surface area contributed by atoms with Crippen LogP contribution in [0.3, 0.4) is 0 Å². The molecule has 4 aromatic rings. The SMILES string of the molecule is CCc1ccc2nc(N(Cc3ccco3)C(=O)CCS(=O)(=O)c3ccc(F)cc3)sc2c1. The summed E-state index contributed by atoms with van der Waals surface area (Å²) in [5, 5.41) is 0.480. The van der Waals surface area contributed by atoms with Gasteiger partial charge in [0, 0.05) is 6.42 Å². The molecule has 1 amide bonds. The molecule has 2 heterocycles. The average molecular weight is 473 g/mol. The number of carbonyl (C=O) groups excluding carboxylic acids is 1. The summed E-state index contributed by atoms with van der Waals surface area (Å²) in [6.07, 6.45) is 2.17. The van der Waals surface area contributed by atoms with Gasteiger partial charge in [-0.05, 0) is 60.5 Å². The predicted molar refractivity (Wildman–Crippen MR) is 122 cm³/mol. The molecule has 0 bridgehead atoms. The van der Waals surface area contributed by atoms with Crippen molar-refractivity contribution in [3.05, 3.63) is 78.0 Å². The van der Waals surface area contributed by atoms with E-state index in [9.17, 15) is 17.6 Å². The number of hydrogen-bond acceptors (Lipinski definition) is 6. The fourth-order valence-electron chi connectivity index (χ4n) is 3.23. The van der Waals surface area contributed by atoms with Gasteiger partial charge in [-0.15, -0.1) is 0 Å². The highest BCUT2D eigenvalue weighted by atomic mass is 32.2. The molecule has 0 spiro atoms. The van der Waals surface area contributed by atoms with E-state index in [2.05, 4.69) is 11.9 Å². The third-order valence-corrected chi connectivity index (χ3v) is 7.81. The third kappa shape index (κ3) is 4.89. The first-order chi connectivity index (χ1) is 15.4. The zero-order valence-corrected chi connectivity index (χ0v) is 19.0. The van der Waals surface area contributed by atoms with Crippen LogP contribution >= 0.6 is 11.3 Å². The molecule has 0 fully saturated rings. The van der Waals surface area contributed by atoms with Crippen LogP contribution < -0.4 is 4.90 Å². The van der Waals surface area contributed by atoms with Crippen molar-refractivity contribution in [1.82, 2.24) is 4.98 Å². The highest BCUT2D eigenvalue weighted by molar-refractivity contribution is 7.91. The van der Waals surface area contributed by atoms with Crippen LogP contribution in [0.25, 0.3) is 10.2 Å². The van der Waals surface area contributed by atoms with Crippen molar-refractivity contribution in [3.8, 4) is 0 Å². The van der Waals surface area contributed by atoms with E-state index in [4.69, 9.17) is 4.42 Å². The van der Waals surface area contributed by atoms with Gasteiger partial charge in [0.05, 0.1) is 33.7 Å². The molecule has 166 valence electrons. The normalized spacial score (nSPS) is 11.7. The van der Waals surface area contributed by atoms with Crippen LogP contribution in [0.4, 0.5) is 9.52 Å². The number of thiazole rings is 1. The van der Waals surface area contributed by atoms with Gasteiger partial charge in [-0.2, -0.15) is 0 Å². The first-order valence-corrected chi connectivity index (χ1v) is 12.5. The van der Waals surface area contributed by atoms with E-state index in [-0.39, 0.29) is 23.8 Å². The van der Waals surface area contributed by atoms with E-state index < -0.39 is 21.4 Å². The second-order valence-electron chi connectivity index (χ2n) is 7.23. The Bertz CT molecular complexity index is 1330. The lowest BCUT2D eigenvalue weighted by atomic mass is 10.2. The van der Waals surface area contributed by atoms with Crippen molar-refractivity contribution in [1.29, 1.82) is 0 Å². The Balaban J connectivity index is 1.58. The van der Waals surface area contributed by atoms with Gasteiger partial charge in [-0.3, -0.25) is 9.69 Å². The summed E-state index contributed by atoms with van der Waals surface area (Å²) < 4.78 is 44.7. The Morgan fingerprint density at radius 3 is 2.62 bits per heavy atom. The molecule has 9 heteroatoms. The van der Waals surface area contributed by atoms with E-state index >= 15 is 0 Å². The molecule has 32 heavy (non-hydrogen) atoms. The minimum atomic E-state index is -3.74. The van der Waals surface area contributed by atoms with Crippen molar-refractivity contribution in [2.45, 2.75) is 31.2 Å². The Labute approximate surface area is 189 Å². The number of furan rings is 1. The van der Waals surface area contributed by atoms with E-state index in [0.29, 0.717) is 10.9 Å². The molecule has 2 aromatic carbocycles. The Hall–Kier alpha value is -3.04. The number of halogens is 1. The van der Waals surface area contributed by atoms with Gasteiger partial charge in [0.2, 0.25) is 5.91 Å². The summed E-state index contributed by atoms with van der Waals surface area (Å²) in [5.74, 6) is -0.737. The molecule has 0 aliphatic heterocycles. The number of sulfone groups is 1. The minimum absolute atomic E-state index is 0.0173. The second kappa shape index (κ2) is 9.22. The molecule has 0 atom stereocenters. The van der Waals surface area contributed by atoms with Crippen molar-refractivity contribution in [2.75, 3.05) is 10.7 Å². The van der Waals surface area contributed by atoms with Crippen LogP contribution in [-0.2, 0) is 27.6 Å². The molecule has 0 saturated carbocycles. The van der Waals surface area contributed by atoms with Gasteiger partial charge in [-0.1, -0.05) is 24.3 Å². The van der Waals surface area contributed by atoms with E-state index in [0.717, 1.165) is 28.8 Å². The van der Waals surface area contributed by atoms with Crippen LogP contribution in [0.1, 0.15) is 24.7 Å². The summed E-state index contributed by atoms with van der Waals surface area (Å²) in [6, 6.07) is 14.0. The molecule has 0 N–H and O–H groups in total. The smallest absolute Gasteiger partial charge is 0.230 e. The zero-order chi connectivity index (χ0) is 22.7. The molecule has 4 rings (SSSR count). The van der Waals surface area contributed by atoms with Crippen molar-refractivity contribution in [3.63, 3.8) is 0 Å². The van der Waals surface area contributed by atoms with Gasteiger partial charge in [-0.25, -0.2) is 17.8 Å². The number of amides is 1. The number of aromatic nitrogens is 1. The molecule has 0 saturated heterocycles. The zero-order valence-electron chi connectivity index (χ0n) is 17.3. The van der Waals surface area contributed by atoms with Gasteiger partial charge >= 0.3 is 0 Å². The number of anilines is 1. The summed E-state index contributed by atoms with van der Waals surface area (Å²) in [4.78, 5) is 19.2. The number of fused-ring (bicyclic) bond motifs is 1. The lowest BCUT2D eigenvalue weighted by Gasteiger charge is -2.18. The summed E-state index contributed by atoms with van der Waals surface area (Å²) >= 11 is 1.38. The highest BCUT2D eigenvalue weighted by Crippen LogP contribution is 2.31. The molecule has 0 unspecified atom stereocenters. The fraction of sp³-hybridized carbons (Fsp3) is 0.217. The second-order valence-corrected chi connectivity index (χ2v) is 10.4. The number of rotatable bonds is 8. The summed E-state index contributed by atoms with van der Waals surface area (Å²) in [7, 11) is -3.74. The van der Waals surface area contributed by atoms with Crippen LogP contribution in [0.5, 0.6) is 0 Å². The maximum Gasteiger partial charge on any atom is 0.230 e. The highest BCUT2D eigenvalue weighted by Gasteiger charge is 2.24. The average Bonchev–Trinajstić information content (AvgIpc) is 3.45. The molecule has 0 aliphatic carbocycles. The Morgan fingerprint density at radius 1 is 1.16 bits per heavy atom. The lowest BCUT2D eigenvalue weighted by Crippen LogP contribution is -2.31. The molecule has 0 radical (unpaired) electrons. The monoisotopic (exact) mass is 472 g/mol. The van der Waals surface area contributed by atoms with Crippen molar-refractivity contribution in [2.24, 2.45) is 0 Å². The van der Waals surface area contributed by atoms with Crippen LogP contribution in [0.2, 0.25) is 0 Å². The topological polar surface area (TPSA) is 80.5 Å². The minimum Gasteiger partial charge on any atom is -0.467 e. The molecular weight excluding hydrogens is 451 g/mol. The van der Waals surface area contributed by atoms with Crippen LogP contribution in [0, 0.1) is 5.82 Å². The first-order valence-electron chi connectivity index (χ1n) is 10.1. The van der Waals surface area contributed by atoms with E-state index in [1.54, 1.807) is 12.1 Å². The molecule has 2 aromatic heterocycles. The van der Waals surface area contributed by atoms with Crippen molar-refractivity contribution >= 4 is 42.4 Å². The Morgan fingerprint density at radius 2 is 1.94 bits per heavy atom. The van der Waals surface area contributed by atoms with E-state index in [1.165, 1.54) is 40.2 Å². The van der Waals surface area contributed by atoms with Crippen LogP contribution in [-0.4, -0.2) is 25.1 Å². The fourth-order valence-corrected chi connectivity index (χ4v) is 5.51. The standard InChI is InChI=1S/C23H21FN2O4S2/c1-2-16-5-10-20-21(14-16)31-23(25-20)26(15-18-4-3-12-30-18)22(27)11-13-32(28,29)19-8-6-17(24)7-9-19/h3-10,12,14H,2,11,13,15H2,1H3. The van der Waals surface area contributed by atoms with Gasteiger partial charge in [0.1, 0.15) is 11.6 Å². The van der Waals surface area contributed by atoms with Crippen molar-refractivity contribution < 1.29 is 22.0 Å². The molecular formula is C23H21FN2O4S2. The van der Waals surface area contributed by atoms with Gasteiger partial charge in [0.25, 0.3) is 0 Å². The largest absolute Gasteiger partial charge is 0.467 e. The summed E-state index contributed by atoms with van der Waals surface area (Å²) in [6.45, 7) is 2.21. The summed E-state index contributed by atoms with van der Waals surface area (Å²) in [5.41, 5.74) is 1.94.